The number of fused-ring (bicyclic) bond motifs is 8. The summed E-state index contributed by atoms with van der Waals surface area (Å²) >= 11 is 9.65. The van der Waals surface area contributed by atoms with Crippen LogP contribution < -0.4 is 25.5 Å². The molecule has 0 N–H and O–H groups in total. The molecule has 3 heterocycles. The lowest BCUT2D eigenvalue weighted by Crippen LogP contribution is -2.61. The highest BCUT2D eigenvalue weighted by atomic mass is 35.5. The number of hydrogen-bond acceptors (Lipinski definition) is 3. The van der Waals surface area contributed by atoms with Gasteiger partial charge in [-0.3, -0.25) is 0 Å². The van der Waals surface area contributed by atoms with Gasteiger partial charge in [-0.2, -0.15) is 0 Å². The van der Waals surface area contributed by atoms with E-state index in [-0.39, 0.29) is 39.2 Å². The second kappa shape index (κ2) is 14.6. The summed E-state index contributed by atoms with van der Waals surface area (Å²) in [5.41, 5.74) is 21.2. The number of hydrogen-bond donors (Lipinski definition) is 0. The monoisotopic (exact) mass is 918 g/mol. The van der Waals surface area contributed by atoms with Gasteiger partial charge in [-0.1, -0.05) is 163 Å². The summed E-state index contributed by atoms with van der Waals surface area (Å²) in [4.78, 5) is 5.26. The van der Waals surface area contributed by atoms with Crippen LogP contribution in [0.5, 0.6) is 0 Å². The Bertz CT molecular complexity index is 3190. The summed E-state index contributed by atoms with van der Waals surface area (Å²) in [5.74, 6) is 0. The number of anilines is 6. The van der Waals surface area contributed by atoms with E-state index in [1.54, 1.807) is 0 Å². The van der Waals surface area contributed by atoms with Crippen LogP contribution in [0.3, 0.4) is 0 Å². The van der Waals surface area contributed by atoms with Gasteiger partial charge in [-0.25, -0.2) is 0 Å². The van der Waals surface area contributed by atoms with Crippen LogP contribution in [0.15, 0.2) is 109 Å². The maximum atomic E-state index is 7.66. The molecule has 0 fully saturated rings. The van der Waals surface area contributed by atoms with Crippen molar-refractivity contribution in [2.45, 2.75) is 155 Å². The molecule has 2 aliphatic heterocycles. The SMILES string of the molecule is CC(C)(C)c1ccc(N2c3cc(Cl)cc4c3B(c3cc5c(cc3N4c3ccc4c(c3)C(C)(C)CCC4(C)C)C(C)(C)CCC5(C)C)c3sc4ccc(C(C)(C)C)cc4c32)c(-c2ccccc2)c1. The first-order valence-corrected chi connectivity index (χ1v) is 26.1. The van der Waals surface area contributed by atoms with Crippen LogP contribution in [-0.2, 0) is 32.5 Å². The number of halogens is 1. The third kappa shape index (κ3) is 6.92. The highest BCUT2D eigenvalue weighted by Crippen LogP contribution is 2.55. The van der Waals surface area contributed by atoms with Crippen molar-refractivity contribution in [2.75, 3.05) is 9.80 Å². The fraction of sp³-hybridized carbons (Fsp3) is 0.387. The van der Waals surface area contributed by atoms with Gasteiger partial charge in [0.2, 0.25) is 0 Å². The molecule has 0 spiro atoms. The molecule has 2 nitrogen and oxygen atoms in total. The quantitative estimate of drug-likeness (QED) is 0.163. The Morgan fingerprint density at radius 1 is 0.522 bits per heavy atom. The summed E-state index contributed by atoms with van der Waals surface area (Å²) in [6.45, 7) is 33.7. The summed E-state index contributed by atoms with van der Waals surface area (Å²) < 4.78 is 2.72. The van der Waals surface area contributed by atoms with Crippen molar-refractivity contribution in [3.8, 4) is 11.1 Å². The van der Waals surface area contributed by atoms with Gasteiger partial charge >= 0.3 is 0 Å². The van der Waals surface area contributed by atoms with Crippen molar-refractivity contribution in [2.24, 2.45) is 0 Å². The van der Waals surface area contributed by atoms with Crippen LogP contribution >= 0.6 is 22.9 Å². The summed E-state index contributed by atoms with van der Waals surface area (Å²) in [6, 6.07) is 42.9. The van der Waals surface area contributed by atoms with Crippen LogP contribution in [0, 0.1) is 0 Å². The first-order chi connectivity index (χ1) is 31.4. The molecule has 2 aliphatic carbocycles. The van der Waals surface area contributed by atoms with Gasteiger partial charge in [0.1, 0.15) is 0 Å². The fourth-order valence-electron chi connectivity index (χ4n) is 12.3. The molecular weight excluding hydrogens is 851 g/mol. The maximum absolute atomic E-state index is 7.66. The van der Waals surface area contributed by atoms with Gasteiger partial charge in [0.05, 0.1) is 11.4 Å². The molecule has 0 radical (unpaired) electrons. The number of nitrogens with zero attached hydrogens (tertiary/aromatic N) is 2. The Morgan fingerprint density at radius 2 is 1.07 bits per heavy atom. The van der Waals surface area contributed by atoms with Gasteiger partial charge in [0, 0.05) is 48.2 Å². The molecule has 342 valence electrons. The standard InChI is InChI=1S/C62H68BClN2S/c1-57(2,3)38-20-24-49(42(30-38)37-18-16-15-17-19-37)66-52-33-40(64)32-51-54(52)63(56-55(66)43-31-39(58(4,5)6)21-25-53(43)67-56)48-35-46-47(62(13,14)29-28-61(46,11)12)36-50(48)65(51)41-22-23-44-45(34-41)60(9,10)27-26-59(44,7)8/h15-25,30-36H,26-29H2,1-14H3. The zero-order valence-electron chi connectivity index (χ0n) is 42.5. The summed E-state index contributed by atoms with van der Waals surface area (Å²) in [7, 11) is 0. The van der Waals surface area contributed by atoms with E-state index in [0.717, 1.165) is 30.0 Å². The van der Waals surface area contributed by atoms with Gasteiger partial charge < -0.3 is 9.80 Å². The van der Waals surface area contributed by atoms with Crippen molar-refractivity contribution in [1.82, 2.24) is 0 Å². The zero-order chi connectivity index (χ0) is 47.5. The van der Waals surface area contributed by atoms with Crippen molar-refractivity contribution in [1.29, 1.82) is 0 Å². The molecule has 7 aromatic rings. The minimum Gasteiger partial charge on any atom is -0.311 e. The molecule has 0 amide bonds. The Balaban J connectivity index is 1.29. The predicted molar refractivity (Wildman–Crippen MR) is 294 cm³/mol. The average molecular weight is 920 g/mol. The minimum absolute atomic E-state index is 0.00316. The van der Waals surface area contributed by atoms with Gasteiger partial charge in [-0.15, -0.1) is 11.3 Å². The molecule has 0 saturated heterocycles. The summed E-state index contributed by atoms with van der Waals surface area (Å²) in [5, 5.41) is 2.05. The fourth-order valence-corrected chi connectivity index (χ4v) is 13.8. The molecule has 11 rings (SSSR count). The maximum Gasteiger partial charge on any atom is 0.264 e. The Hall–Kier alpha value is -4.77. The van der Waals surface area contributed by atoms with Crippen molar-refractivity contribution in [3.63, 3.8) is 0 Å². The number of rotatable bonds is 3. The second-order valence-electron chi connectivity index (χ2n) is 25.3. The minimum atomic E-state index is -0.0313. The lowest BCUT2D eigenvalue weighted by Gasteiger charge is -2.47. The largest absolute Gasteiger partial charge is 0.311 e. The molecule has 0 unspecified atom stereocenters. The van der Waals surface area contributed by atoms with Crippen LogP contribution in [0.4, 0.5) is 34.1 Å². The lowest BCUT2D eigenvalue weighted by molar-refractivity contribution is 0.332. The van der Waals surface area contributed by atoms with E-state index in [4.69, 9.17) is 11.6 Å². The Morgan fingerprint density at radius 3 is 1.70 bits per heavy atom. The molecule has 1 aromatic heterocycles. The van der Waals surface area contributed by atoms with Crippen molar-refractivity contribution >= 4 is 89.6 Å². The van der Waals surface area contributed by atoms with Crippen molar-refractivity contribution in [3.05, 3.63) is 148 Å². The van der Waals surface area contributed by atoms with Crippen LogP contribution in [-0.4, -0.2) is 6.71 Å². The van der Waals surface area contributed by atoms with E-state index >= 15 is 0 Å². The molecule has 0 bridgehead atoms. The van der Waals surface area contributed by atoms with E-state index in [9.17, 15) is 0 Å². The molecule has 5 heteroatoms. The smallest absolute Gasteiger partial charge is 0.264 e. The molecule has 4 aliphatic rings. The number of benzene rings is 6. The van der Waals surface area contributed by atoms with Gasteiger partial charge in [-0.05, 0) is 163 Å². The van der Waals surface area contributed by atoms with E-state index in [2.05, 4.69) is 216 Å². The lowest BCUT2D eigenvalue weighted by atomic mass is 9.35. The highest BCUT2D eigenvalue weighted by Gasteiger charge is 2.49. The van der Waals surface area contributed by atoms with E-state index in [0.29, 0.717) is 0 Å². The normalized spacial score (nSPS) is 18.5. The third-order valence-electron chi connectivity index (χ3n) is 16.7. The molecule has 0 saturated carbocycles. The topological polar surface area (TPSA) is 6.48 Å². The molecular formula is C62H68BClN2S. The van der Waals surface area contributed by atoms with E-state index in [1.165, 1.54) is 105 Å². The predicted octanol–water partition coefficient (Wildman–Crippen LogP) is 16.6. The molecule has 67 heavy (non-hydrogen) atoms. The zero-order valence-corrected chi connectivity index (χ0v) is 44.1. The van der Waals surface area contributed by atoms with Crippen LogP contribution in [0.2, 0.25) is 5.02 Å². The average Bonchev–Trinajstić information content (AvgIpc) is 3.64. The van der Waals surface area contributed by atoms with Crippen molar-refractivity contribution < 1.29 is 0 Å². The van der Waals surface area contributed by atoms with Crippen LogP contribution in [0.25, 0.3) is 21.2 Å². The number of thiophene rings is 1. The third-order valence-corrected chi connectivity index (χ3v) is 18.2. The Labute approximate surface area is 410 Å². The molecule has 0 atom stereocenters. The van der Waals surface area contributed by atoms with E-state index < -0.39 is 0 Å². The van der Waals surface area contributed by atoms with Gasteiger partial charge in [0.25, 0.3) is 6.71 Å². The second-order valence-corrected chi connectivity index (χ2v) is 26.8. The highest BCUT2D eigenvalue weighted by molar-refractivity contribution is 7.33. The Kier molecular flexibility index (Phi) is 9.77. The first kappa shape index (κ1) is 44.7. The van der Waals surface area contributed by atoms with E-state index in [1.807, 2.05) is 11.3 Å². The summed E-state index contributed by atoms with van der Waals surface area (Å²) in [6.07, 6.45) is 4.67. The molecule has 6 aromatic carbocycles. The van der Waals surface area contributed by atoms with Crippen LogP contribution in [0.1, 0.15) is 156 Å². The van der Waals surface area contributed by atoms with Gasteiger partial charge in [0.15, 0.2) is 0 Å². The first-order valence-electron chi connectivity index (χ1n) is 24.9.